The Labute approximate surface area is 291 Å². The first-order valence-electron chi connectivity index (χ1n) is 14.8. The van der Waals surface area contributed by atoms with Crippen LogP contribution >= 0.6 is 0 Å². The van der Waals surface area contributed by atoms with Crippen molar-refractivity contribution in [2.75, 3.05) is 0 Å². The average Bonchev–Trinajstić information content (AvgIpc) is 3.17. The molecule has 0 bridgehead atoms. The van der Waals surface area contributed by atoms with Gasteiger partial charge in [-0.05, 0) is 70.2 Å². The number of hydrogen-bond acceptors (Lipinski definition) is 3. The topological polar surface area (TPSA) is 38.7 Å². The fourth-order valence-electron chi connectivity index (χ4n) is 4.54. The van der Waals surface area contributed by atoms with E-state index in [-0.39, 0.29) is 20.1 Å². The number of nitrogens with zero attached hydrogens (tertiary/aromatic N) is 3. The number of benzene rings is 4. The first kappa shape index (κ1) is 34.3. The zero-order valence-corrected chi connectivity index (χ0v) is 28.2. The number of rotatable bonds is 6. The second-order valence-corrected chi connectivity index (χ2v) is 9.99. The Morgan fingerprint density at radius 3 is 1.28 bits per heavy atom. The molecule has 228 valence electrons. The van der Waals surface area contributed by atoms with Crippen molar-refractivity contribution in [2.45, 2.75) is 0 Å². The summed E-state index contributed by atoms with van der Waals surface area (Å²) in [6.07, 6.45) is 9.08. The normalized spacial score (nSPS) is 9.70. The van der Waals surface area contributed by atoms with Gasteiger partial charge in [0.15, 0.2) is 0 Å². The van der Waals surface area contributed by atoms with Crippen molar-refractivity contribution in [3.05, 3.63) is 201 Å². The SMILES string of the molecule is C=Cc1cc(C=C)cc(-c2cc[c-]c(-c3ccccn3)c2)c1.[Ir+3].[c-]1ccccc1-c1ccccn1.[c-]1ccccc1-c1ccccn1. The van der Waals surface area contributed by atoms with E-state index in [4.69, 9.17) is 0 Å². The maximum atomic E-state index is 4.39. The fourth-order valence-corrected chi connectivity index (χ4v) is 4.54. The van der Waals surface area contributed by atoms with Gasteiger partial charge in [0, 0.05) is 18.6 Å². The molecule has 0 radical (unpaired) electrons. The first-order valence-corrected chi connectivity index (χ1v) is 14.8. The van der Waals surface area contributed by atoms with Crippen LogP contribution in [0.3, 0.4) is 0 Å². The molecule has 3 aromatic heterocycles. The average molecular weight is 783 g/mol. The summed E-state index contributed by atoms with van der Waals surface area (Å²) in [5.41, 5.74) is 10.4. The van der Waals surface area contributed by atoms with Crippen LogP contribution in [0.15, 0.2) is 171 Å². The van der Waals surface area contributed by atoms with Crippen molar-refractivity contribution < 1.29 is 20.1 Å². The third-order valence-corrected chi connectivity index (χ3v) is 6.82. The second kappa shape index (κ2) is 18.4. The molecular formula is C43H32IrN3. The summed E-state index contributed by atoms with van der Waals surface area (Å²) in [6.45, 7) is 7.71. The number of hydrogen-bond donors (Lipinski definition) is 0. The quantitative estimate of drug-likeness (QED) is 0.158. The fraction of sp³-hybridized carbons (Fsp3) is 0. The molecule has 0 amide bonds. The molecule has 0 unspecified atom stereocenters. The zero-order chi connectivity index (χ0) is 31.8. The molecule has 0 aliphatic rings. The Morgan fingerprint density at radius 1 is 0.426 bits per heavy atom. The summed E-state index contributed by atoms with van der Waals surface area (Å²) in [5, 5.41) is 0. The second-order valence-electron chi connectivity index (χ2n) is 9.99. The van der Waals surface area contributed by atoms with Gasteiger partial charge in [0.2, 0.25) is 0 Å². The first-order chi connectivity index (χ1) is 22.7. The van der Waals surface area contributed by atoms with E-state index in [1.54, 1.807) is 18.6 Å². The van der Waals surface area contributed by atoms with Crippen molar-refractivity contribution >= 4 is 12.2 Å². The van der Waals surface area contributed by atoms with Gasteiger partial charge in [-0.15, -0.1) is 107 Å². The Balaban J connectivity index is 0.000000170. The molecule has 0 saturated carbocycles. The molecule has 0 atom stereocenters. The molecule has 0 aliphatic heterocycles. The van der Waals surface area contributed by atoms with Crippen LogP contribution in [0.25, 0.3) is 57.1 Å². The largest absolute Gasteiger partial charge is 3.00 e. The van der Waals surface area contributed by atoms with Gasteiger partial charge in [-0.1, -0.05) is 61.7 Å². The van der Waals surface area contributed by atoms with Crippen LogP contribution in [0.1, 0.15) is 11.1 Å². The van der Waals surface area contributed by atoms with Gasteiger partial charge in [-0.2, -0.15) is 0 Å². The van der Waals surface area contributed by atoms with Crippen LogP contribution in [0.4, 0.5) is 0 Å². The smallest absolute Gasteiger partial charge is 0.305 e. The standard InChI is InChI=1S/C21H16N.2C11H8N.Ir/c1-3-16-12-17(4-2)14-20(13-16)18-8-7-9-19(15-18)21-10-5-6-11-22-21;2*1-2-6-10(7-3-1)11-8-4-5-9-12-11;/h3-8,10-15H,1-2H2;2*1-6,8-9H;/q3*-1;+3. The van der Waals surface area contributed by atoms with Crippen LogP contribution in [-0.2, 0) is 20.1 Å². The molecule has 7 aromatic rings. The van der Waals surface area contributed by atoms with Gasteiger partial charge < -0.3 is 15.0 Å². The van der Waals surface area contributed by atoms with Crippen LogP contribution in [0.5, 0.6) is 0 Å². The van der Waals surface area contributed by atoms with Gasteiger partial charge >= 0.3 is 20.1 Å². The molecule has 3 nitrogen and oxygen atoms in total. The predicted molar refractivity (Wildman–Crippen MR) is 191 cm³/mol. The molecule has 0 fully saturated rings. The number of pyridine rings is 3. The van der Waals surface area contributed by atoms with Crippen LogP contribution in [-0.4, -0.2) is 15.0 Å². The summed E-state index contributed by atoms with van der Waals surface area (Å²) in [6, 6.07) is 55.2. The molecular weight excluding hydrogens is 751 g/mol. The maximum absolute atomic E-state index is 4.39. The molecule has 0 spiro atoms. The monoisotopic (exact) mass is 783 g/mol. The van der Waals surface area contributed by atoms with Crippen molar-refractivity contribution in [3.8, 4) is 44.9 Å². The summed E-state index contributed by atoms with van der Waals surface area (Å²) in [7, 11) is 0. The molecule has 4 heteroatoms. The van der Waals surface area contributed by atoms with E-state index in [2.05, 4.69) is 76.6 Å². The Kier molecular flexibility index (Phi) is 13.5. The Bertz CT molecular complexity index is 1770. The minimum absolute atomic E-state index is 0. The van der Waals surface area contributed by atoms with Crippen molar-refractivity contribution in [3.63, 3.8) is 0 Å². The van der Waals surface area contributed by atoms with Gasteiger partial charge in [0.25, 0.3) is 0 Å². The molecule has 3 heterocycles. The summed E-state index contributed by atoms with van der Waals surface area (Å²) in [4.78, 5) is 12.8. The summed E-state index contributed by atoms with van der Waals surface area (Å²) < 4.78 is 0. The molecule has 0 aliphatic carbocycles. The minimum Gasteiger partial charge on any atom is -0.305 e. The van der Waals surface area contributed by atoms with Gasteiger partial charge in [-0.25, -0.2) is 0 Å². The van der Waals surface area contributed by atoms with Gasteiger partial charge in [0.1, 0.15) is 0 Å². The molecule has 0 saturated heterocycles. The van der Waals surface area contributed by atoms with E-state index >= 15 is 0 Å². The molecule has 4 aromatic carbocycles. The van der Waals surface area contributed by atoms with E-state index in [0.29, 0.717) is 0 Å². The van der Waals surface area contributed by atoms with Gasteiger partial charge in [0.05, 0.1) is 0 Å². The van der Waals surface area contributed by atoms with Crippen LogP contribution in [0, 0.1) is 18.2 Å². The van der Waals surface area contributed by atoms with Crippen molar-refractivity contribution in [2.24, 2.45) is 0 Å². The third-order valence-electron chi connectivity index (χ3n) is 6.82. The third kappa shape index (κ3) is 10.2. The van der Waals surface area contributed by atoms with E-state index in [0.717, 1.165) is 56.0 Å². The molecule has 0 N–H and O–H groups in total. The molecule has 47 heavy (non-hydrogen) atoms. The maximum Gasteiger partial charge on any atom is 3.00 e. The van der Waals surface area contributed by atoms with E-state index in [1.165, 1.54) is 0 Å². The van der Waals surface area contributed by atoms with Crippen LogP contribution < -0.4 is 0 Å². The van der Waals surface area contributed by atoms with Gasteiger partial charge in [-0.3, -0.25) is 0 Å². The Hall–Kier alpha value is -5.54. The van der Waals surface area contributed by atoms with E-state index in [9.17, 15) is 0 Å². The summed E-state index contributed by atoms with van der Waals surface area (Å²) >= 11 is 0. The van der Waals surface area contributed by atoms with Crippen molar-refractivity contribution in [1.29, 1.82) is 0 Å². The molecule has 7 rings (SSSR count). The zero-order valence-electron chi connectivity index (χ0n) is 25.8. The minimum atomic E-state index is 0. The summed E-state index contributed by atoms with van der Waals surface area (Å²) in [5.74, 6) is 0. The van der Waals surface area contributed by atoms with Crippen LogP contribution in [0.2, 0.25) is 0 Å². The predicted octanol–water partition coefficient (Wildman–Crippen LogP) is 10.6. The number of aromatic nitrogens is 3. The Morgan fingerprint density at radius 2 is 0.872 bits per heavy atom. The van der Waals surface area contributed by atoms with Crippen molar-refractivity contribution in [1.82, 2.24) is 15.0 Å². The van der Waals surface area contributed by atoms with E-state index in [1.807, 2.05) is 121 Å². The van der Waals surface area contributed by atoms with E-state index < -0.39 is 0 Å².